The highest BCUT2D eigenvalue weighted by Gasteiger charge is 2.62. The summed E-state index contributed by atoms with van der Waals surface area (Å²) >= 11 is 0. The van der Waals surface area contributed by atoms with Crippen LogP contribution in [0.25, 0.3) is 0 Å². The van der Waals surface area contributed by atoms with Gasteiger partial charge in [0, 0.05) is 31.8 Å². The third kappa shape index (κ3) is 8.12. The molecule has 14 nitrogen and oxygen atoms in total. The molecule has 5 atom stereocenters. The van der Waals surface area contributed by atoms with E-state index >= 15 is 0 Å². The smallest absolute Gasteiger partial charge is 0.410 e. The number of aryl methyl sites for hydroxylation is 1. The van der Waals surface area contributed by atoms with E-state index in [1.807, 2.05) is 18.2 Å². The first-order valence-electron chi connectivity index (χ1n) is 17.4. The van der Waals surface area contributed by atoms with Crippen molar-refractivity contribution < 1.29 is 50.6 Å². The molecule has 5 amide bonds. The number of sulfonamides is 1. The van der Waals surface area contributed by atoms with Crippen molar-refractivity contribution in [2.45, 2.75) is 113 Å². The maximum atomic E-state index is 14.0. The van der Waals surface area contributed by atoms with E-state index in [0.29, 0.717) is 32.4 Å². The minimum atomic E-state index is -3.97. The van der Waals surface area contributed by atoms with Crippen molar-refractivity contribution in [1.29, 1.82) is 0 Å². The molecule has 17 heteroatoms. The second kappa shape index (κ2) is 14.8. The van der Waals surface area contributed by atoms with Crippen LogP contribution in [-0.2, 0) is 53.4 Å². The second-order valence-electron chi connectivity index (χ2n) is 14.0. The van der Waals surface area contributed by atoms with Crippen LogP contribution in [0.5, 0.6) is 0 Å². The van der Waals surface area contributed by atoms with Crippen LogP contribution in [0.4, 0.5) is 18.4 Å². The number of nitrogens with zero attached hydrogens (tertiary/aromatic N) is 2. The minimum absolute atomic E-state index is 0.00890. The van der Waals surface area contributed by atoms with Gasteiger partial charge in [-0.15, -0.1) is 6.58 Å². The van der Waals surface area contributed by atoms with Crippen molar-refractivity contribution in [3.63, 3.8) is 0 Å². The van der Waals surface area contributed by atoms with Crippen LogP contribution in [0.15, 0.2) is 30.9 Å². The predicted molar refractivity (Wildman–Crippen MR) is 176 cm³/mol. The summed E-state index contributed by atoms with van der Waals surface area (Å²) in [7, 11) is -3.97. The molecule has 3 heterocycles. The van der Waals surface area contributed by atoms with Crippen LogP contribution >= 0.6 is 0 Å². The van der Waals surface area contributed by atoms with Gasteiger partial charge in [0.25, 0.3) is 5.91 Å². The van der Waals surface area contributed by atoms with Gasteiger partial charge in [0.1, 0.15) is 23.7 Å². The van der Waals surface area contributed by atoms with E-state index < -0.39 is 87.7 Å². The summed E-state index contributed by atoms with van der Waals surface area (Å²) < 4.78 is 65.7. The minimum Gasteiger partial charge on any atom is -0.450 e. The third-order valence-corrected chi connectivity index (χ3v) is 12.1. The Morgan fingerprint density at radius 2 is 1.84 bits per heavy atom. The molecule has 6 rings (SSSR count). The van der Waals surface area contributed by atoms with E-state index in [-0.39, 0.29) is 26.0 Å². The number of rotatable bonds is 8. The number of hydrogen-bond donors (Lipinski definition) is 3. The molecule has 3 aliphatic heterocycles. The largest absolute Gasteiger partial charge is 0.450 e. The number of amides is 5. The van der Waals surface area contributed by atoms with E-state index in [4.69, 9.17) is 9.47 Å². The molecule has 0 radical (unpaired) electrons. The molecule has 5 aliphatic rings. The van der Waals surface area contributed by atoms with Crippen LogP contribution in [0.2, 0.25) is 0 Å². The second-order valence-corrected chi connectivity index (χ2v) is 15.9. The lowest BCUT2D eigenvalue weighted by atomic mass is 9.98. The zero-order chi connectivity index (χ0) is 36.5. The first-order chi connectivity index (χ1) is 24.3. The van der Waals surface area contributed by atoms with Crippen LogP contribution in [0.1, 0.15) is 74.5 Å². The van der Waals surface area contributed by atoms with Gasteiger partial charge < -0.3 is 25.0 Å². The summed E-state index contributed by atoms with van der Waals surface area (Å²) in [6.07, 6.45) is -1.17. The summed E-state index contributed by atoms with van der Waals surface area (Å²) in [5, 5.41) is 4.10. The first kappa shape index (κ1) is 36.5. The van der Waals surface area contributed by atoms with Crippen LogP contribution in [-0.4, -0.2) is 96.7 Å². The van der Waals surface area contributed by atoms with E-state index in [1.165, 1.54) is 11.0 Å². The molecule has 0 spiro atoms. The molecule has 3 N–H and O–H groups in total. The number of fused-ring (bicyclic) bond motifs is 3. The van der Waals surface area contributed by atoms with Crippen molar-refractivity contribution in [2.24, 2.45) is 5.92 Å². The van der Waals surface area contributed by atoms with Crippen molar-refractivity contribution >= 4 is 39.9 Å². The number of alkyl carbamates (subject to hydrolysis) is 1. The fraction of sp³-hybridized carbons (Fsp3) is 0.618. The van der Waals surface area contributed by atoms with E-state index in [9.17, 15) is 41.2 Å². The number of cyclic esters (lactones) is 1. The highest BCUT2D eigenvalue weighted by atomic mass is 32.2. The molecular formula is C34H43F2N5O9S. The highest BCUT2D eigenvalue weighted by Crippen LogP contribution is 2.45. The van der Waals surface area contributed by atoms with Crippen molar-refractivity contribution in [3.05, 3.63) is 47.5 Å². The topological polar surface area (TPSA) is 181 Å². The van der Waals surface area contributed by atoms with Gasteiger partial charge in [-0.1, -0.05) is 37.1 Å². The number of benzene rings is 1. The van der Waals surface area contributed by atoms with Gasteiger partial charge in [0.2, 0.25) is 28.3 Å². The predicted octanol–water partition coefficient (Wildman–Crippen LogP) is 2.64. The molecule has 4 bridgehead atoms. The number of nitrogens with one attached hydrogen (secondary N) is 3. The molecule has 0 unspecified atom stereocenters. The average Bonchev–Trinajstić information content (AvgIpc) is 3.97. The number of carbonyl (C=O) groups excluding carboxylic acids is 5. The monoisotopic (exact) mass is 735 g/mol. The molecule has 1 saturated heterocycles. The Morgan fingerprint density at radius 1 is 1.10 bits per heavy atom. The zero-order valence-corrected chi connectivity index (χ0v) is 28.9. The van der Waals surface area contributed by atoms with Crippen molar-refractivity contribution in [2.75, 3.05) is 13.2 Å². The highest BCUT2D eigenvalue weighted by molar-refractivity contribution is 7.91. The Balaban J connectivity index is 1.25. The van der Waals surface area contributed by atoms with E-state index in [0.717, 1.165) is 47.3 Å². The van der Waals surface area contributed by atoms with E-state index in [1.54, 1.807) is 0 Å². The SMILES string of the molecule is C=C[C@H]1C[C@]1(NC(=O)[C@@H]1C[C@@H]2CN1C(=O)[C@H](CC(F)F)NC(=O)OCCCCCCc1cccc3c1CN(C3)C(=O)O2)C(=O)NS(=O)(=O)C1CC1. The van der Waals surface area contributed by atoms with Crippen LogP contribution in [0, 0.1) is 5.92 Å². The van der Waals surface area contributed by atoms with Gasteiger partial charge in [-0.2, -0.15) is 0 Å². The van der Waals surface area contributed by atoms with E-state index in [2.05, 4.69) is 21.9 Å². The Morgan fingerprint density at radius 3 is 2.55 bits per heavy atom. The fourth-order valence-corrected chi connectivity index (χ4v) is 8.55. The molecular weight excluding hydrogens is 692 g/mol. The van der Waals surface area contributed by atoms with Gasteiger partial charge in [0.05, 0.1) is 18.4 Å². The van der Waals surface area contributed by atoms with Gasteiger partial charge in [-0.05, 0) is 55.2 Å². The van der Waals surface area contributed by atoms with Gasteiger partial charge in [-0.25, -0.2) is 26.8 Å². The Labute approximate surface area is 294 Å². The number of carbonyl (C=O) groups is 5. The molecule has 1 aromatic rings. The fourth-order valence-electron chi connectivity index (χ4n) is 7.19. The average molecular weight is 736 g/mol. The summed E-state index contributed by atoms with van der Waals surface area (Å²) in [6.45, 7) is 3.92. The molecule has 51 heavy (non-hydrogen) atoms. The number of hydrogen-bond acceptors (Lipinski definition) is 9. The Hall–Kier alpha value is -4.28. The number of alkyl halides is 2. The Kier molecular flexibility index (Phi) is 10.6. The molecule has 3 fully saturated rings. The van der Waals surface area contributed by atoms with Gasteiger partial charge in [0.15, 0.2) is 0 Å². The maximum absolute atomic E-state index is 14.0. The summed E-state index contributed by atoms with van der Waals surface area (Å²) in [5.41, 5.74) is 1.45. The van der Waals surface area contributed by atoms with Crippen LogP contribution < -0.4 is 15.4 Å². The summed E-state index contributed by atoms with van der Waals surface area (Å²) in [6, 6.07) is 2.69. The van der Waals surface area contributed by atoms with Crippen molar-refractivity contribution in [1.82, 2.24) is 25.2 Å². The number of ether oxygens (including phenoxy) is 2. The Bertz CT molecular complexity index is 1690. The van der Waals surface area contributed by atoms with Crippen LogP contribution in [0.3, 0.4) is 0 Å². The lowest BCUT2D eigenvalue weighted by Crippen LogP contribution is -2.58. The molecule has 278 valence electrons. The maximum Gasteiger partial charge on any atom is 0.410 e. The standard InChI is InChI=1S/C34H43F2N5O9S/c1-2-22-16-34(22,31(44)39-51(47,48)24-11-12-24)38-29(42)27-14-23-18-41(27)30(43)26(15-28(35)36)37-32(45)49-13-6-4-3-5-8-20-9-7-10-21-17-40(19-25(20)21)33(46)50-23/h2,7,9-10,22-24,26-28H,1,3-6,8,11-19H2,(H,37,45)(H,38,42)(H,39,44)/t22-,23+,26-,27-,34+/m0/s1. The third-order valence-electron chi connectivity index (χ3n) is 10.3. The lowest BCUT2D eigenvalue weighted by Gasteiger charge is -2.29. The van der Waals surface area contributed by atoms with Gasteiger partial charge in [-0.3, -0.25) is 24.0 Å². The summed E-state index contributed by atoms with van der Waals surface area (Å²) in [4.78, 5) is 69.8. The zero-order valence-electron chi connectivity index (χ0n) is 28.1. The quantitative estimate of drug-likeness (QED) is 0.339. The molecule has 2 aliphatic carbocycles. The lowest BCUT2D eigenvalue weighted by molar-refractivity contribution is -0.141. The molecule has 1 aromatic carbocycles. The molecule has 0 aromatic heterocycles. The molecule has 2 saturated carbocycles. The normalized spacial score (nSPS) is 28.7. The first-order valence-corrected chi connectivity index (χ1v) is 18.9. The van der Waals surface area contributed by atoms with Crippen molar-refractivity contribution in [3.8, 4) is 0 Å². The van der Waals surface area contributed by atoms with Gasteiger partial charge >= 0.3 is 12.2 Å². The number of halogens is 2. The summed E-state index contributed by atoms with van der Waals surface area (Å²) in [5.74, 6) is -3.51.